The molecule has 1 radical (unpaired) electrons. The second-order valence-electron chi connectivity index (χ2n) is 1.28. The summed E-state index contributed by atoms with van der Waals surface area (Å²) in [5.74, 6) is -1.09. The molecule has 0 fully saturated rings. The third-order valence-corrected chi connectivity index (χ3v) is 1.37. The summed E-state index contributed by atoms with van der Waals surface area (Å²) in [6.07, 6.45) is 0. The summed E-state index contributed by atoms with van der Waals surface area (Å²) in [5.41, 5.74) is 1.87. The molecule has 0 aromatic heterocycles. The van der Waals surface area contributed by atoms with Crippen molar-refractivity contribution in [2.24, 2.45) is 5.29 Å². The van der Waals surface area contributed by atoms with E-state index < -0.39 is 12.0 Å². The molecule has 0 saturated heterocycles. The van der Waals surface area contributed by atoms with E-state index in [1.54, 1.807) is 0 Å². The van der Waals surface area contributed by atoms with Gasteiger partial charge in [-0.2, -0.15) is 0 Å². The Bertz CT molecular complexity index is 118. The van der Waals surface area contributed by atoms with Crippen molar-refractivity contribution in [3.63, 3.8) is 0 Å². The second-order valence-corrected chi connectivity index (χ2v) is 1.98. The molecule has 0 aliphatic carbocycles. The first kappa shape index (κ1) is 8.39. The molecule has 2 N–H and O–H groups in total. The molecule has 1 atom stereocenters. The number of nitrogens with zero attached hydrogens (tertiary/aromatic N) is 1. The minimum absolute atomic E-state index is 0.223. The molecule has 0 spiro atoms. The van der Waals surface area contributed by atoms with E-state index in [1.165, 1.54) is 0 Å². The van der Waals surface area contributed by atoms with Gasteiger partial charge in [-0.15, -0.1) is 0 Å². The van der Waals surface area contributed by atoms with Crippen LogP contribution in [0.1, 0.15) is 0 Å². The van der Waals surface area contributed by atoms with E-state index in [1.807, 2.05) is 5.43 Å². The van der Waals surface area contributed by atoms with Gasteiger partial charge in [0.15, 0.2) is 0 Å². The molecule has 0 aromatic rings. The number of carboxylic acids is 1. The van der Waals surface area contributed by atoms with Gasteiger partial charge in [0.1, 0.15) is 0 Å². The molecule has 0 aromatic carbocycles. The Balaban J connectivity index is 3.67. The van der Waals surface area contributed by atoms with Crippen molar-refractivity contribution in [1.82, 2.24) is 5.43 Å². The fraction of sp³-hybridized carbons (Fsp3) is 0.667. The fourth-order valence-electron chi connectivity index (χ4n) is 0.227. The van der Waals surface area contributed by atoms with Crippen molar-refractivity contribution in [3.8, 4) is 0 Å². The zero-order chi connectivity index (χ0) is 7.28. The van der Waals surface area contributed by atoms with Crippen LogP contribution >= 0.6 is 0 Å². The molecule has 0 aliphatic rings. The van der Waals surface area contributed by atoms with Crippen LogP contribution in [0.2, 0.25) is 5.32 Å². The third kappa shape index (κ3) is 3.05. The predicted molar refractivity (Wildman–Crippen MR) is 30.9 cm³/mol. The molecule has 0 amide bonds. The molecular weight excluding hydrogens is 191 g/mol. The van der Waals surface area contributed by atoms with Crippen LogP contribution in [0, 0.1) is 4.91 Å². The summed E-state index contributed by atoms with van der Waals surface area (Å²) < 4.78 is 0. The Morgan fingerprint density at radius 1 is 1.89 bits per heavy atom. The summed E-state index contributed by atoms with van der Waals surface area (Å²) in [4.78, 5) is 19.5. The van der Waals surface area contributed by atoms with Gasteiger partial charge in [-0.3, -0.25) is 0 Å². The molecular formula is C3H5N2O3Se. The summed E-state index contributed by atoms with van der Waals surface area (Å²) in [7, 11) is 0. The van der Waals surface area contributed by atoms with E-state index in [4.69, 9.17) is 5.11 Å². The summed E-state index contributed by atoms with van der Waals surface area (Å²) >= 11 is 2.47. The van der Waals surface area contributed by atoms with Crippen molar-refractivity contribution < 1.29 is 9.90 Å². The van der Waals surface area contributed by atoms with Gasteiger partial charge in [0.2, 0.25) is 0 Å². The molecule has 0 saturated carbocycles. The zero-order valence-electron chi connectivity index (χ0n) is 4.40. The Kier molecular flexibility index (Phi) is 4.00. The van der Waals surface area contributed by atoms with Gasteiger partial charge in [-0.05, 0) is 0 Å². The van der Waals surface area contributed by atoms with Gasteiger partial charge in [-0.1, -0.05) is 0 Å². The van der Waals surface area contributed by atoms with E-state index in [0.29, 0.717) is 0 Å². The quantitative estimate of drug-likeness (QED) is 0.354. The van der Waals surface area contributed by atoms with Gasteiger partial charge < -0.3 is 0 Å². The molecule has 0 aliphatic heterocycles. The molecule has 9 heavy (non-hydrogen) atoms. The first-order chi connectivity index (χ1) is 4.22. The van der Waals surface area contributed by atoms with E-state index in [9.17, 15) is 9.70 Å². The molecule has 5 nitrogen and oxygen atoms in total. The van der Waals surface area contributed by atoms with Crippen LogP contribution in [0.25, 0.3) is 0 Å². The second kappa shape index (κ2) is 4.29. The molecule has 51 valence electrons. The standard InChI is InChI=1S/C3H5N2O3Se/c6-3(7)2(1-9)4-5-8/h2H,1H2,(H,4,8)(H,6,7)/t2-/m0/s1. The molecule has 0 unspecified atom stereocenters. The average Bonchev–Trinajstić information content (AvgIpc) is 1.82. The monoisotopic (exact) mass is 197 g/mol. The van der Waals surface area contributed by atoms with Crippen LogP contribution in [-0.2, 0) is 4.79 Å². The zero-order valence-corrected chi connectivity index (χ0v) is 6.12. The van der Waals surface area contributed by atoms with Crippen molar-refractivity contribution >= 4 is 22.0 Å². The predicted octanol–water partition coefficient (Wildman–Crippen LogP) is -0.703. The van der Waals surface area contributed by atoms with Crippen LogP contribution in [0.15, 0.2) is 5.29 Å². The Morgan fingerprint density at radius 3 is 2.56 bits per heavy atom. The van der Waals surface area contributed by atoms with E-state index in [2.05, 4.69) is 21.3 Å². The van der Waals surface area contributed by atoms with Gasteiger partial charge in [0.05, 0.1) is 0 Å². The topological polar surface area (TPSA) is 78.8 Å². The first-order valence-electron chi connectivity index (χ1n) is 2.11. The summed E-state index contributed by atoms with van der Waals surface area (Å²) in [5, 5.41) is 10.7. The Labute approximate surface area is 59.6 Å². The van der Waals surface area contributed by atoms with Gasteiger partial charge in [0.25, 0.3) is 0 Å². The number of carbonyl (C=O) groups is 1. The van der Waals surface area contributed by atoms with Crippen molar-refractivity contribution in [3.05, 3.63) is 4.91 Å². The average molecular weight is 196 g/mol. The number of aliphatic carboxylic acids is 1. The number of hydrogen-bond acceptors (Lipinski definition) is 3. The molecule has 0 rings (SSSR count). The number of carboxylic acid groups (broad SMARTS) is 1. The molecule has 6 heteroatoms. The van der Waals surface area contributed by atoms with Crippen molar-refractivity contribution in [2.45, 2.75) is 11.4 Å². The SMILES string of the molecule is O=NN[C@@H](C[Se])C(=O)O. The summed E-state index contributed by atoms with van der Waals surface area (Å²) in [6, 6.07) is -0.900. The van der Waals surface area contributed by atoms with Gasteiger partial charge >= 0.3 is 58.9 Å². The normalized spacial score (nSPS) is 12.1. The van der Waals surface area contributed by atoms with Gasteiger partial charge in [0, 0.05) is 0 Å². The van der Waals surface area contributed by atoms with Crippen molar-refractivity contribution in [2.75, 3.05) is 0 Å². The number of nitroso groups, excluding NO2 is 1. The van der Waals surface area contributed by atoms with E-state index in [-0.39, 0.29) is 5.32 Å². The molecule has 0 heterocycles. The number of hydrogen-bond donors (Lipinski definition) is 2. The van der Waals surface area contributed by atoms with Crippen molar-refractivity contribution in [1.29, 1.82) is 0 Å². The Morgan fingerprint density at radius 2 is 2.44 bits per heavy atom. The number of nitrogens with one attached hydrogen (secondary N) is 1. The van der Waals surface area contributed by atoms with Crippen LogP contribution in [-0.4, -0.2) is 33.1 Å². The first-order valence-corrected chi connectivity index (χ1v) is 3.32. The van der Waals surface area contributed by atoms with Crippen LogP contribution < -0.4 is 5.43 Å². The Hall–Kier alpha value is -0.611. The van der Waals surface area contributed by atoms with Gasteiger partial charge in [-0.25, -0.2) is 0 Å². The maximum atomic E-state index is 10.0. The van der Waals surface area contributed by atoms with Crippen LogP contribution in [0.3, 0.4) is 0 Å². The van der Waals surface area contributed by atoms with E-state index in [0.717, 1.165) is 0 Å². The minimum atomic E-state index is -1.09. The molecule has 0 bridgehead atoms. The summed E-state index contributed by atoms with van der Waals surface area (Å²) in [6.45, 7) is 0. The van der Waals surface area contributed by atoms with E-state index >= 15 is 0 Å². The third-order valence-electron chi connectivity index (χ3n) is 0.673. The van der Waals surface area contributed by atoms with Crippen LogP contribution in [0.5, 0.6) is 0 Å². The van der Waals surface area contributed by atoms with Crippen LogP contribution in [0.4, 0.5) is 0 Å². The maximum absolute atomic E-state index is 10.0. The fourth-order valence-corrected chi connectivity index (χ4v) is 0.683. The number of rotatable bonds is 4.